The Bertz CT molecular complexity index is 1760. The first kappa shape index (κ1) is 29.6. The molecule has 42 heavy (non-hydrogen) atoms. The van der Waals surface area contributed by atoms with Crippen LogP contribution in [0, 0.1) is 25.2 Å². The summed E-state index contributed by atoms with van der Waals surface area (Å²) in [4.78, 5) is 44.9. The highest BCUT2D eigenvalue weighted by Crippen LogP contribution is 2.38. The summed E-state index contributed by atoms with van der Waals surface area (Å²) in [6.07, 6.45) is 3.35. The Morgan fingerprint density at radius 2 is 1.79 bits per heavy atom. The third-order valence-corrected chi connectivity index (χ3v) is 9.01. The summed E-state index contributed by atoms with van der Waals surface area (Å²) < 4.78 is 10.7. The van der Waals surface area contributed by atoms with Gasteiger partial charge in [-0.25, -0.2) is 4.68 Å². The molecule has 0 N–H and O–H groups in total. The van der Waals surface area contributed by atoms with Crippen molar-refractivity contribution >= 4 is 51.8 Å². The number of thioether (sulfide) groups is 1. The molecule has 2 fully saturated rings. The number of hydrogen-bond donors (Lipinski definition) is 0. The number of benzene rings is 1. The summed E-state index contributed by atoms with van der Waals surface area (Å²) in [5.74, 6) is 0.244. The number of para-hydroxylation sites is 1. The van der Waals surface area contributed by atoms with E-state index in [9.17, 15) is 19.6 Å². The van der Waals surface area contributed by atoms with E-state index in [2.05, 4.69) is 11.0 Å². The quantitative estimate of drug-likeness (QED) is 0.296. The van der Waals surface area contributed by atoms with Crippen LogP contribution in [0.2, 0.25) is 0 Å². The molecule has 5 rings (SSSR count). The normalized spacial score (nSPS) is 16.5. The number of ether oxygens (including phenoxy) is 1. The lowest BCUT2D eigenvalue weighted by Crippen LogP contribution is -2.41. The van der Waals surface area contributed by atoms with Crippen LogP contribution in [-0.2, 0) is 23.1 Å². The fourth-order valence-electron chi connectivity index (χ4n) is 5.39. The first-order valence-corrected chi connectivity index (χ1v) is 15.1. The van der Waals surface area contributed by atoms with Gasteiger partial charge in [-0.15, -0.1) is 0 Å². The van der Waals surface area contributed by atoms with E-state index >= 15 is 0 Å². The number of amides is 1. The molecule has 0 radical (unpaired) electrons. The number of unbranched alkanes of at least 4 members (excludes halogenated alkanes) is 1. The molecule has 2 saturated heterocycles. The van der Waals surface area contributed by atoms with Gasteiger partial charge in [0, 0.05) is 32.2 Å². The van der Waals surface area contributed by atoms with Crippen molar-refractivity contribution in [3.05, 3.63) is 78.3 Å². The van der Waals surface area contributed by atoms with E-state index in [-0.39, 0.29) is 26.7 Å². The van der Waals surface area contributed by atoms with E-state index < -0.39 is 5.91 Å². The molecule has 0 bridgehead atoms. The van der Waals surface area contributed by atoms with E-state index in [0.29, 0.717) is 66.1 Å². The molecule has 2 aromatic heterocycles. The highest BCUT2D eigenvalue weighted by molar-refractivity contribution is 8.27. The van der Waals surface area contributed by atoms with Gasteiger partial charge in [-0.05, 0) is 44.0 Å². The molecule has 1 amide bonds. The van der Waals surface area contributed by atoms with Crippen molar-refractivity contribution < 1.29 is 9.53 Å². The average molecular weight is 605 g/mol. The second-order valence-corrected chi connectivity index (χ2v) is 11.9. The van der Waals surface area contributed by atoms with Crippen LogP contribution in [-0.4, -0.2) is 50.5 Å². The van der Waals surface area contributed by atoms with E-state index in [1.165, 1.54) is 9.58 Å². The van der Waals surface area contributed by atoms with Crippen LogP contribution < -0.4 is 20.9 Å². The number of hydrogen-bond acceptors (Lipinski definition) is 8. The Hall–Kier alpha value is -3.92. The van der Waals surface area contributed by atoms with Gasteiger partial charge in [0.25, 0.3) is 17.0 Å². The van der Waals surface area contributed by atoms with Crippen LogP contribution >= 0.6 is 24.0 Å². The number of anilines is 2. The fraction of sp³-hybridized carbons (Fsp3) is 0.367. The van der Waals surface area contributed by atoms with E-state index in [1.807, 2.05) is 37.3 Å². The summed E-state index contributed by atoms with van der Waals surface area (Å²) in [6.45, 7) is 8.15. The number of morpholine rings is 1. The molecule has 0 unspecified atom stereocenters. The maximum absolute atomic E-state index is 14.0. The third-order valence-electron chi connectivity index (χ3n) is 7.71. The van der Waals surface area contributed by atoms with Gasteiger partial charge in [-0.3, -0.25) is 28.5 Å². The van der Waals surface area contributed by atoms with Crippen LogP contribution in [0.4, 0.5) is 11.5 Å². The molecular formula is C30H32N6O4S2. The van der Waals surface area contributed by atoms with Crippen molar-refractivity contribution in [3.8, 4) is 11.8 Å². The van der Waals surface area contributed by atoms with Gasteiger partial charge >= 0.3 is 0 Å². The molecule has 0 aliphatic carbocycles. The van der Waals surface area contributed by atoms with Crippen molar-refractivity contribution in [2.24, 2.45) is 7.05 Å². The lowest BCUT2D eigenvalue weighted by molar-refractivity contribution is -0.113. The van der Waals surface area contributed by atoms with Gasteiger partial charge in [-0.1, -0.05) is 55.5 Å². The molecule has 0 atom stereocenters. The van der Waals surface area contributed by atoms with Crippen molar-refractivity contribution in [3.63, 3.8) is 0 Å². The summed E-state index contributed by atoms with van der Waals surface area (Å²) in [7, 11) is 1.77. The van der Waals surface area contributed by atoms with Crippen LogP contribution in [0.5, 0.6) is 0 Å². The maximum Gasteiger partial charge on any atom is 0.296 e. The largest absolute Gasteiger partial charge is 0.378 e. The predicted octanol–water partition coefficient (Wildman–Crippen LogP) is 3.87. The summed E-state index contributed by atoms with van der Waals surface area (Å²) in [6, 6.07) is 11.3. The van der Waals surface area contributed by atoms with Crippen LogP contribution in [0.1, 0.15) is 42.1 Å². The number of carbonyl (C=O) groups is 1. The van der Waals surface area contributed by atoms with Crippen LogP contribution in [0.15, 0.2) is 44.8 Å². The van der Waals surface area contributed by atoms with Gasteiger partial charge in [0.1, 0.15) is 23.1 Å². The highest BCUT2D eigenvalue weighted by Gasteiger charge is 2.38. The molecule has 0 spiro atoms. The second kappa shape index (κ2) is 12.1. The molecule has 3 aromatic rings. The molecule has 2 aliphatic rings. The highest BCUT2D eigenvalue weighted by atomic mass is 32.2. The minimum absolute atomic E-state index is 0.0505. The Morgan fingerprint density at radius 1 is 1.10 bits per heavy atom. The molecule has 0 saturated carbocycles. The third kappa shape index (κ3) is 5.02. The number of nitrogens with zero attached hydrogens (tertiary/aromatic N) is 6. The zero-order valence-electron chi connectivity index (χ0n) is 24.0. The SMILES string of the molecule is CCCCn1c(N2CCOCC2)c(/C=C2\SC(=S)N(c3c(C)n(C)n(-c4ccccc4)c3=O)C2=O)c(C)c(C#N)c1=O. The molecule has 2 aliphatic heterocycles. The van der Waals surface area contributed by atoms with Crippen LogP contribution in [0.3, 0.4) is 0 Å². The number of nitriles is 1. The minimum Gasteiger partial charge on any atom is -0.378 e. The Morgan fingerprint density at radius 3 is 2.43 bits per heavy atom. The second-order valence-electron chi connectivity index (χ2n) is 10.2. The van der Waals surface area contributed by atoms with Gasteiger partial charge in [0.2, 0.25) is 0 Å². The fourth-order valence-corrected chi connectivity index (χ4v) is 6.64. The number of carbonyl (C=O) groups excluding carboxylic acids is 1. The van der Waals surface area contributed by atoms with E-state index in [1.54, 1.807) is 36.2 Å². The van der Waals surface area contributed by atoms with Crippen molar-refractivity contribution in [1.29, 1.82) is 5.26 Å². The lowest BCUT2D eigenvalue weighted by Gasteiger charge is -2.33. The number of pyridine rings is 1. The summed E-state index contributed by atoms with van der Waals surface area (Å²) >= 11 is 6.76. The van der Waals surface area contributed by atoms with Gasteiger partial charge in [0.05, 0.1) is 29.5 Å². The molecule has 4 heterocycles. The Labute approximate surface area is 253 Å². The lowest BCUT2D eigenvalue weighted by atomic mass is 10.0. The molecule has 12 heteroatoms. The van der Waals surface area contributed by atoms with Gasteiger partial charge in [-0.2, -0.15) is 5.26 Å². The number of thiocarbonyl (C=S) groups is 1. The Balaban J connectivity index is 1.66. The first-order valence-electron chi connectivity index (χ1n) is 13.8. The monoisotopic (exact) mass is 604 g/mol. The van der Waals surface area contributed by atoms with Crippen molar-refractivity contribution in [2.45, 2.75) is 40.2 Å². The Kier molecular flexibility index (Phi) is 8.54. The summed E-state index contributed by atoms with van der Waals surface area (Å²) in [5, 5.41) is 9.95. The van der Waals surface area contributed by atoms with E-state index in [0.717, 1.165) is 24.6 Å². The van der Waals surface area contributed by atoms with Crippen molar-refractivity contribution in [2.75, 3.05) is 36.1 Å². The smallest absolute Gasteiger partial charge is 0.296 e. The topological polar surface area (TPSA) is 106 Å². The average Bonchev–Trinajstić information content (AvgIpc) is 3.38. The van der Waals surface area contributed by atoms with Crippen molar-refractivity contribution in [1.82, 2.24) is 13.9 Å². The standard InChI is InChI=1S/C30H32N6O4S2/c1-5-6-12-34-26(33-13-15-40-16-14-33)22(19(2)23(18-31)27(34)37)17-24-28(38)35(30(41)42-24)25-20(3)32(4)36(29(25)39)21-10-8-7-9-11-21/h7-11,17H,5-6,12-16H2,1-4H3/b24-17-. The van der Waals surface area contributed by atoms with Crippen LogP contribution in [0.25, 0.3) is 11.8 Å². The zero-order valence-corrected chi connectivity index (χ0v) is 25.7. The minimum atomic E-state index is -0.423. The molecule has 218 valence electrons. The number of aromatic nitrogens is 3. The maximum atomic E-state index is 14.0. The molecule has 1 aromatic carbocycles. The number of rotatable bonds is 7. The molecule has 10 nitrogen and oxygen atoms in total. The first-order chi connectivity index (χ1) is 20.2. The summed E-state index contributed by atoms with van der Waals surface area (Å²) in [5.41, 5.74) is 1.94. The van der Waals surface area contributed by atoms with Gasteiger partial charge < -0.3 is 9.64 Å². The zero-order chi connectivity index (χ0) is 30.1. The van der Waals surface area contributed by atoms with Gasteiger partial charge in [0.15, 0.2) is 4.32 Å². The molecular weight excluding hydrogens is 573 g/mol. The van der Waals surface area contributed by atoms with E-state index in [4.69, 9.17) is 17.0 Å². The predicted molar refractivity (Wildman–Crippen MR) is 169 cm³/mol.